The summed E-state index contributed by atoms with van der Waals surface area (Å²) in [4.78, 5) is 12.1. The molecule has 0 unspecified atom stereocenters. The average molecular weight is 348 g/mol. The van der Waals surface area contributed by atoms with Gasteiger partial charge in [-0.2, -0.15) is 5.26 Å². The maximum absolute atomic E-state index is 12.1. The molecule has 2 aromatic rings. The van der Waals surface area contributed by atoms with Gasteiger partial charge in [0, 0.05) is 6.54 Å². The molecule has 0 aromatic heterocycles. The van der Waals surface area contributed by atoms with E-state index >= 15 is 0 Å². The van der Waals surface area contributed by atoms with E-state index in [4.69, 9.17) is 5.26 Å². The fourth-order valence-corrected chi connectivity index (χ4v) is 2.23. The van der Waals surface area contributed by atoms with Gasteiger partial charge >= 0.3 is 0 Å². The summed E-state index contributed by atoms with van der Waals surface area (Å²) in [7, 11) is 0. The molecule has 1 amide bonds. The van der Waals surface area contributed by atoms with Crippen LogP contribution in [0.4, 0.5) is 0 Å². The molecular weight excluding hydrogens is 328 g/mol. The molecule has 0 bridgehead atoms. The molecule has 0 aliphatic rings. The number of allylic oxidation sites excluding steroid dienone is 2. The van der Waals surface area contributed by atoms with E-state index < -0.39 is 5.91 Å². The Kier molecular flexibility index (Phi) is 6.58. The van der Waals surface area contributed by atoms with Crippen LogP contribution in [0.5, 0.6) is 11.5 Å². The Morgan fingerprint density at radius 1 is 1.15 bits per heavy atom. The molecule has 0 saturated carbocycles. The number of phenols is 2. The zero-order valence-corrected chi connectivity index (χ0v) is 14.4. The molecule has 0 radical (unpaired) electrons. The summed E-state index contributed by atoms with van der Waals surface area (Å²) < 4.78 is 0. The second-order valence-corrected chi connectivity index (χ2v) is 5.79. The number of hydrogen-bond acceptors (Lipinski definition) is 4. The summed E-state index contributed by atoms with van der Waals surface area (Å²) in [6.45, 7) is 2.46. The Labute approximate surface area is 152 Å². The number of aromatic hydroxyl groups is 2. The van der Waals surface area contributed by atoms with Crippen LogP contribution in [0.2, 0.25) is 0 Å². The summed E-state index contributed by atoms with van der Waals surface area (Å²) in [5.41, 5.74) is 2.92. The molecule has 132 valence electrons. The van der Waals surface area contributed by atoms with Gasteiger partial charge in [-0.25, -0.2) is 0 Å². The van der Waals surface area contributed by atoms with Crippen molar-refractivity contribution in [1.29, 1.82) is 5.26 Å². The third kappa shape index (κ3) is 5.53. The number of nitrogens with one attached hydrogen (secondary N) is 1. The zero-order chi connectivity index (χ0) is 18.9. The summed E-state index contributed by atoms with van der Waals surface area (Å²) >= 11 is 0. The van der Waals surface area contributed by atoms with Crippen molar-refractivity contribution < 1.29 is 15.0 Å². The van der Waals surface area contributed by atoms with Gasteiger partial charge in [0.2, 0.25) is 0 Å². The molecule has 0 aliphatic carbocycles. The van der Waals surface area contributed by atoms with Gasteiger partial charge in [-0.3, -0.25) is 4.79 Å². The standard InChI is InChI=1S/C21H20N2O3/c1-15-5-7-16(8-6-15)11-12-23-21(26)18(14-22)4-2-3-17-9-10-19(24)20(25)13-17/h2-10,13,24-25H,11-12H2,1H3,(H,23,26)/b3-2+,18-4+. The minimum absolute atomic E-state index is 0.00634. The smallest absolute Gasteiger partial charge is 0.261 e. The molecule has 0 spiro atoms. The van der Waals surface area contributed by atoms with Crippen molar-refractivity contribution in [2.75, 3.05) is 6.54 Å². The van der Waals surface area contributed by atoms with E-state index in [1.54, 1.807) is 18.2 Å². The molecule has 3 N–H and O–H groups in total. The molecular formula is C21H20N2O3. The predicted molar refractivity (Wildman–Crippen MR) is 100 cm³/mol. The summed E-state index contributed by atoms with van der Waals surface area (Å²) in [5, 5.41) is 30.6. The fourth-order valence-electron chi connectivity index (χ4n) is 2.23. The summed E-state index contributed by atoms with van der Waals surface area (Å²) in [6, 6.07) is 14.3. The highest BCUT2D eigenvalue weighted by molar-refractivity contribution is 5.97. The number of benzene rings is 2. The highest BCUT2D eigenvalue weighted by atomic mass is 16.3. The van der Waals surface area contributed by atoms with E-state index in [2.05, 4.69) is 5.32 Å². The first-order valence-corrected chi connectivity index (χ1v) is 8.14. The number of carbonyl (C=O) groups is 1. The Hall–Kier alpha value is -3.52. The van der Waals surface area contributed by atoms with Gasteiger partial charge in [0.25, 0.3) is 5.91 Å². The molecule has 2 rings (SSSR count). The van der Waals surface area contributed by atoms with Crippen molar-refractivity contribution >= 4 is 12.0 Å². The average Bonchev–Trinajstić information content (AvgIpc) is 2.63. The van der Waals surface area contributed by atoms with E-state index in [1.165, 1.54) is 23.8 Å². The van der Waals surface area contributed by atoms with E-state index in [-0.39, 0.29) is 17.1 Å². The van der Waals surface area contributed by atoms with Crippen LogP contribution in [-0.4, -0.2) is 22.7 Å². The van der Waals surface area contributed by atoms with Crippen molar-refractivity contribution in [3.05, 3.63) is 76.9 Å². The molecule has 5 heteroatoms. The van der Waals surface area contributed by atoms with Crippen molar-refractivity contribution in [2.24, 2.45) is 0 Å². The van der Waals surface area contributed by atoms with Crippen LogP contribution in [0.3, 0.4) is 0 Å². The van der Waals surface area contributed by atoms with Crippen LogP contribution in [0.25, 0.3) is 6.08 Å². The minimum Gasteiger partial charge on any atom is -0.504 e. The van der Waals surface area contributed by atoms with E-state index in [9.17, 15) is 15.0 Å². The number of amides is 1. The van der Waals surface area contributed by atoms with Gasteiger partial charge in [-0.1, -0.05) is 48.0 Å². The van der Waals surface area contributed by atoms with Crippen LogP contribution in [0.1, 0.15) is 16.7 Å². The van der Waals surface area contributed by atoms with Crippen molar-refractivity contribution in [2.45, 2.75) is 13.3 Å². The number of carbonyl (C=O) groups excluding carboxylic acids is 1. The van der Waals surface area contributed by atoms with Crippen LogP contribution in [0, 0.1) is 18.3 Å². The van der Waals surface area contributed by atoms with Gasteiger partial charge in [0.15, 0.2) is 11.5 Å². The van der Waals surface area contributed by atoms with Crippen LogP contribution >= 0.6 is 0 Å². The largest absolute Gasteiger partial charge is 0.504 e. The first kappa shape index (κ1) is 18.8. The lowest BCUT2D eigenvalue weighted by atomic mass is 10.1. The highest BCUT2D eigenvalue weighted by Crippen LogP contribution is 2.25. The first-order valence-electron chi connectivity index (χ1n) is 8.14. The lowest BCUT2D eigenvalue weighted by Gasteiger charge is -2.04. The third-order valence-electron chi connectivity index (χ3n) is 3.74. The van der Waals surface area contributed by atoms with E-state index in [0.717, 1.165) is 5.56 Å². The minimum atomic E-state index is -0.433. The summed E-state index contributed by atoms with van der Waals surface area (Å²) in [6.07, 6.45) is 5.26. The van der Waals surface area contributed by atoms with Gasteiger partial charge in [0.1, 0.15) is 11.6 Å². The summed E-state index contributed by atoms with van der Waals surface area (Å²) in [5.74, 6) is -0.869. The molecule has 5 nitrogen and oxygen atoms in total. The number of nitrogens with zero attached hydrogens (tertiary/aromatic N) is 1. The Balaban J connectivity index is 1.91. The maximum Gasteiger partial charge on any atom is 0.261 e. The van der Waals surface area contributed by atoms with Crippen LogP contribution in [-0.2, 0) is 11.2 Å². The topological polar surface area (TPSA) is 93.4 Å². The Bertz CT molecular complexity index is 875. The maximum atomic E-state index is 12.1. The van der Waals surface area contributed by atoms with E-state index in [0.29, 0.717) is 18.5 Å². The van der Waals surface area contributed by atoms with Gasteiger partial charge < -0.3 is 15.5 Å². The molecule has 0 aliphatic heterocycles. The zero-order valence-electron chi connectivity index (χ0n) is 14.4. The normalized spacial score (nSPS) is 11.3. The Morgan fingerprint density at radius 3 is 2.54 bits per heavy atom. The second-order valence-electron chi connectivity index (χ2n) is 5.79. The van der Waals surface area contributed by atoms with Crippen molar-refractivity contribution in [3.63, 3.8) is 0 Å². The first-order chi connectivity index (χ1) is 12.5. The lowest BCUT2D eigenvalue weighted by Crippen LogP contribution is -2.26. The van der Waals surface area contributed by atoms with Crippen molar-refractivity contribution in [3.8, 4) is 17.6 Å². The third-order valence-corrected chi connectivity index (χ3v) is 3.74. The lowest BCUT2D eigenvalue weighted by molar-refractivity contribution is -0.117. The van der Waals surface area contributed by atoms with Crippen molar-refractivity contribution in [1.82, 2.24) is 5.32 Å². The second kappa shape index (κ2) is 9.09. The number of phenolic OH excluding ortho intramolecular Hbond substituents is 2. The number of aryl methyl sites for hydroxylation is 1. The fraction of sp³-hybridized carbons (Fsp3) is 0.143. The molecule has 0 heterocycles. The highest BCUT2D eigenvalue weighted by Gasteiger charge is 2.07. The van der Waals surface area contributed by atoms with Gasteiger partial charge in [0.05, 0.1) is 0 Å². The quantitative estimate of drug-likeness (QED) is 0.323. The SMILES string of the molecule is Cc1ccc(CCNC(=O)/C(C#N)=C/C=C/c2ccc(O)c(O)c2)cc1. The monoisotopic (exact) mass is 348 g/mol. The number of hydrogen-bond donors (Lipinski definition) is 3. The number of nitriles is 1. The molecule has 0 atom stereocenters. The van der Waals surface area contributed by atoms with E-state index in [1.807, 2.05) is 37.3 Å². The molecule has 0 saturated heterocycles. The van der Waals surface area contributed by atoms with Gasteiger partial charge in [-0.05, 0) is 42.7 Å². The number of rotatable bonds is 6. The molecule has 2 aromatic carbocycles. The molecule has 26 heavy (non-hydrogen) atoms. The Morgan fingerprint density at radius 2 is 1.88 bits per heavy atom. The predicted octanol–water partition coefficient (Wildman–Crippen LogP) is 3.23. The van der Waals surface area contributed by atoms with Crippen LogP contribution < -0.4 is 5.32 Å². The molecule has 0 fully saturated rings. The van der Waals surface area contributed by atoms with Gasteiger partial charge in [-0.15, -0.1) is 0 Å². The van der Waals surface area contributed by atoms with Crippen LogP contribution in [0.15, 0.2) is 60.2 Å².